The third-order valence-corrected chi connectivity index (χ3v) is 3.64. The lowest BCUT2D eigenvalue weighted by atomic mass is 10.0. The maximum absolute atomic E-state index is 12.5. The van der Waals surface area contributed by atoms with Crippen LogP contribution in [-0.4, -0.2) is 22.9 Å². The van der Waals surface area contributed by atoms with Crippen molar-refractivity contribution in [2.75, 3.05) is 0 Å². The van der Waals surface area contributed by atoms with Crippen LogP contribution in [0.1, 0.15) is 28.9 Å². The van der Waals surface area contributed by atoms with Gasteiger partial charge in [0, 0.05) is 5.56 Å². The van der Waals surface area contributed by atoms with Gasteiger partial charge in [-0.25, -0.2) is 9.69 Å². The van der Waals surface area contributed by atoms with Gasteiger partial charge in [-0.2, -0.15) is 0 Å². The third-order valence-electron chi connectivity index (χ3n) is 3.64. The summed E-state index contributed by atoms with van der Waals surface area (Å²) in [4.78, 5) is 25.7. The summed E-state index contributed by atoms with van der Waals surface area (Å²) < 4.78 is 5.38. The van der Waals surface area contributed by atoms with Crippen molar-refractivity contribution >= 4 is 12.0 Å². The molecule has 0 aromatic heterocycles. The van der Waals surface area contributed by atoms with Crippen LogP contribution in [0.4, 0.5) is 4.79 Å². The zero-order valence-electron chi connectivity index (χ0n) is 11.6. The van der Waals surface area contributed by atoms with Crippen LogP contribution in [0.2, 0.25) is 0 Å². The molecule has 1 aliphatic heterocycles. The topological polar surface area (TPSA) is 46.6 Å². The fourth-order valence-corrected chi connectivity index (χ4v) is 2.54. The molecule has 2 aromatic carbocycles. The summed E-state index contributed by atoms with van der Waals surface area (Å²) in [7, 11) is 0. The fraction of sp³-hybridized carbons (Fsp3) is 0.176. The molecule has 0 unspecified atom stereocenters. The van der Waals surface area contributed by atoms with Crippen molar-refractivity contribution in [1.29, 1.82) is 0 Å². The predicted octanol–water partition coefficient (Wildman–Crippen LogP) is 3.41. The standard InChI is InChI=1S/C17H15NO3/c1-12-15(13-8-4-2-5-9-13)21-17(20)18(12)16(19)14-10-6-3-7-11-14/h2-12,15H,1H3/t12-,15-/m1/s1. The van der Waals surface area contributed by atoms with Crippen LogP contribution in [0.15, 0.2) is 60.7 Å². The van der Waals surface area contributed by atoms with Crippen LogP contribution in [0.25, 0.3) is 0 Å². The highest BCUT2D eigenvalue weighted by atomic mass is 16.6. The number of amides is 2. The van der Waals surface area contributed by atoms with Gasteiger partial charge in [-0.15, -0.1) is 0 Å². The van der Waals surface area contributed by atoms with E-state index in [1.54, 1.807) is 24.3 Å². The SMILES string of the molecule is C[C@@H]1[C@H](c2ccccc2)OC(=O)N1C(=O)c1ccccc1. The molecular weight excluding hydrogens is 266 g/mol. The van der Waals surface area contributed by atoms with Crippen LogP contribution in [0.3, 0.4) is 0 Å². The number of imide groups is 1. The number of nitrogens with zero attached hydrogens (tertiary/aromatic N) is 1. The highest BCUT2D eigenvalue weighted by Crippen LogP contribution is 2.33. The van der Waals surface area contributed by atoms with Crippen molar-refractivity contribution in [2.24, 2.45) is 0 Å². The quantitative estimate of drug-likeness (QED) is 0.847. The van der Waals surface area contributed by atoms with E-state index in [9.17, 15) is 9.59 Å². The van der Waals surface area contributed by atoms with E-state index < -0.39 is 12.2 Å². The Morgan fingerprint density at radius 1 is 1.00 bits per heavy atom. The summed E-state index contributed by atoms with van der Waals surface area (Å²) in [6.07, 6.45) is -1.02. The molecule has 21 heavy (non-hydrogen) atoms. The number of rotatable bonds is 2. The molecule has 1 saturated heterocycles. The largest absolute Gasteiger partial charge is 0.439 e. The first kappa shape index (κ1) is 13.4. The van der Waals surface area contributed by atoms with Crippen LogP contribution < -0.4 is 0 Å². The Balaban J connectivity index is 1.88. The molecule has 0 spiro atoms. The van der Waals surface area contributed by atoms with Gasteiger partial charge >= 0.3 is 6.09 Å². The van der Waals surface area contributed by atoms with Crippen molar-refractivity contribution < 1.29 is 14.3 Å². The summed E-state index contributed by atoms with van der Waals surface area (Å²) in [5.41, 5.74) is 1.37. The molecule has 1 heterocycles. The van der Waals surface area contributed by atoms with Crippen LogP contribution in [0, 0.1) is 0 Å². The number of hydrogen-bond acceptors (Lipinski definition) is 3. The number of carbonyl (C=O) groups excluding carboxylic acids is 2. The Morgan fingerprint density at radius 3 is 2.19 bits per heavy atom. The molecule has 3 rings (SSSR count). The average Bonchev–Trinajstić information content (AvgIpc) is 2.83. The second-order valence-electron chi connectivity index (χ2n) is 5.00. The summed E-state index contributed by atoms with van der Waals surface area (Å²) in [5, 5.41) is 0. The first-order chi connectivity index (χ1) is 10.2. The van der Waals surface area contributed by atoms with E-state index >= 15 is 0 Å². The van der Waals surface area contributed by atoms with Crippen molar-refractivity contribution in [1.82, 2.24) is 4.90 Å². The minimum absolute atomic E-state index is 0.327. The monoisotopic (exact) mass is 281 g/mol. The zero-order valence-corrected chi connectivity index (χ0v) is 11.6. The molecule has 1 aliphatic rings. The maximum atomic E-state index is 12.5. The zero-order chi connectivity index (χ0) is 14.8. The van der Waals surface area contributed by atoms with Gasteiger partial charge in [-0.1, -0.05) is 48.5 Å². The molecular formula is C17H15NO3. The van der Waals surface area contributed by atoms with Gasteiger partial charge in [0.15, 0.2) is 0 Å². The maximum Gasteiger partial charge on any atom is 0.417 e. The number of carbonyl (C=O) groups is 2. The Bertz CT molecular complexity index is 654. The number of benzene rings is 2. The first-order valence-electron chi connectivity index (χ1n) is 6.82. The Morgan fingerprint density at radius 2 is 1.57 bits per heavy atom. The molecule has 2 atom stereocenters. The minimum Gasteiger partial charge on any atom is -0.439 e. The average molecular weight is 281 g/mol. The van der Waals surface area contributed by atoms with E-state index in [1.807, 2.05) is 43.3 Å². The second-order valence-corrected chi connectivity index (χ2v) is 5.00. The van der Waals surface area contributed by atoms with Gasteiger partial charge in [0.2, 0.25) is 0 Å². The lowest BCUT2D eigenvalue weighted by Gasteiger charge is -2.19. The number of ether oxygens (including phenoxy) is 1. The molecule has 0 N–H and O–H groups in total. The first-order valence-corrected chi connectivity index (χ1v) is 6.82. The Labute approximate surface area is 123 Å². The van der Waals surface area contributed by atoms with E-state index in [0.29, 0.717) is 5.56 Å². The lowest BCUT2D eigenvalue weighted by Crippen LogP contribution is -2.37. The van der Waals surface area contributed by atoms with Crippen molar-refractivity contribution in [2.45, 2.75) is 19.1 Å². The normalized spacial score (nSPS) is 21.2. The summed E-state index contributed by atoms with van der Waals surface area (Å²) >= 11 is 0. The minimum atomic E-state index is -0.592. The third kappa shape index (κ3) is 2.40. The van der Waals surface area contributed by atoms with E-state index in [-0.39, 0.29) is 11.9 Å². The summed E-state index contributed by atoms with van der Waals surface area (Å²) in [5.74, 6) is -0.327. The van der Waals surface area contributed by atoms with E-state index in [4.69, 9.17) is 4.74 Å². The van der Waals surface area contributed by atoms with Crippen LogP contribution in [0.5, 0.6) is 0 Å². The highest BCUT2D eigenvalue weighted by Gasteiger charge is 2.43. The van der Waals surface area contributed by atoms with Crippen LogP contribution >= 0.6 is 0 Å². The van der Waals surface area contributed by atoms with Gasteiger partial charge in [-0.05, 0) is 24.6 Å². The molecule has 2 aromatic rings. The number of cyclic esters (lactones) is 1. The molecule has 2 amide bonds. The van der Waals surface area contributed by atoms with E-state index in [2.05, 4.69) is 0 Å². The van der Waals surface area contributed by atoms with Gasteiger partial charge in [0.1, 0.15) is 6.10 Å². The molecule has 0 saturated carbocycles. The summed E-state index contributed by atoms with van der Waals surface area (Å²) in [6.45, 7) is 1.82. The van der Waals surface area contributed by atoms with Crippen LogP contribution in [-0.2, 0) is 4.74 Å². The predicted molar refractivity (Wildman–Crippen MR) is 77.7 cm³/mol. The molecule has 4 heteroatoms. The van der Waals surface area contributed by atoms with E-state index in [1.165, 1.54) is 4.90 Å². The van der Waals surface area contributed by atoms with Crippen molar-refractivity contribution in [3.63, 3.8) is 0 Å². The molecule has 106 valence electrons. The lowest BCUT2D eigenvalue weighted by molar-refractivity contribution is 0.0781. The Hall–Kier alpha value is -2.62. The number of hydrogen-bond donors (Lipinski definition) is 0. The van der Waals surface area contributed by atoms with Gasteiger partial charge in [0.05, 0.1) is 6.04 Å². The highest BCUT2D eigenvalue weighted by molar-refractivity contribution is 6.04. The fourth-order valence-electron chi connectivity index (χ4n) is 2.54. The Kier molecular flexibility index (Phi) is 3.44. The molecule has 0 aliphatic carbocycles. The van der Waals surface area contributed by atoms with Gasteiger partial charge in [0.25, 0.3) is 5.91 Å². The molecule has 1 fully saturated rings. The van der Waals surface area contributed by atoms with Gasteiger partial charge in [-0.3, -0.25) is 4.79 Å². The van der Waals surface area contributed by atoms with Crippen molar-refractivity contribution in [3.05, 3.63) is 71.8 Å². The smallest absolute Gasteiger partial charge is 0.417 e. The van der Waals surface area contributed by atoms with Gasteiger partial charge < -0.3 is 4.74 Å². The molecule has 0 radical (unpaired) electrons. The molecule has 4 nitrogen and oxygen atoms in total. The molecule has 0 bridgehead atoms. The van der Waals surface area contributed by atoms with E-state index in [0.717, 1.165) is 5.56 Å². The second kappa shape index (κ2) is 5.40. The van der Waals surface area contributed by atoms with Crippen molar-refractivity contribution in [3.8, 4) is 0 Å². The summed E-state index contributed by atoms with van der Waals surface area (Å²) in [6, 6.07) is 17.9.